The van der Waals surface area contributed by atoms with Crippen LogP contribution in [-0.4, -0.2) is 55.3 Å². The van der Waals surface area contributed by atoms with Crippen molar-refractivity contribution in [2.24, 2.45) is 0 Å². The molecule has 1 aromatic rings. The van der Waals surface area contributed by atoms with Gasteiger partial charge < -0.3 is 10.1 Å². The van der Waals surface area contributed by atoms with Gasteiger partial charge in [0.2, 0.25) is 0 Å². The van der Waals surface area contributed by atoms with Gasteiger partial charge in [0.1, 0.15) is 0 Å². The zero-order valence-electron chi connectivity index (χ0n) is 9.26. The van der Waals surface area contributed by atoms with Crippen LogP contribution in [0.1, 0.15) is 10.8 Å². The summed E-state index contributed by atoms with van der Waals surface area (Å²) in [5.41, 5.74) is 1.92. The van der Waals surface area contributed by atoms with E-state index in [9.17, 15) is 0 Å². The van der Waals surface area contributed by atoms with Crippen molar-refractivity contribution in [3.8, 4) is 0 Å². The summed E-state index contributed by atoms with van der Waals surface area (Å²) in [7, 11) is 0. The molecule has 5 heteroatoms. The van der Waals surface area contributed by atoms with Crippen molar-refractivity contribution in [3.63, 3.8) is 0 Å². The van der Waals surface area contributed by atoms with E-state index in [4.69, 9.17) is 4.74 Å². The third-order valence-electron chi connectivity index (χ3n) is 3.50. The Bertz CT molecular complexity index is 330. The van der Waals surface area contributed by atoms with Gasteiger partial charge in [0.05, 0.1) is 18.7 Å². The molecule has 88 valence electrons. The number of thiazole rings is 1. The Morgan fingerprint density at radius 2 is 2.50 bits per heavy atom. The lowest BCUT2D eigenvalue weighted by Gasteiger charge is -2.37. The molecule has 2 fully saturated rings. The monoisotopic (exact) mass is 239 g/mol. The van der Waals surface area contributed by atoms with Gasteiger partial charge in [-0.1, -0.05) is 0 Å². The minimum Gasteiger partial charge on any atom is -0.378 e. The summed E-state index contributed by atoms with van der Waals surface area (Å²) in [6.07, 6.45) is 2.01. The van der Waals surface area contributed by atoms with Crippen LogP contribution in [-0.2, 0) is 4.74 Å². The third kappa shape index (κ3) is 2.00. The van der Waals surface area contributed by atoms with Gasteiger partial charge in [0.15, 0.2) is 0 Å². The van der Waals surface area contributed by atoms with E-state index in [1.165, 1.54) is 4.88 Å². The van der Waals surface area contributed by atoms with E-state index < -0.39 is 0 Å². The fourth-order valence-electron chi connectivity index (χ4n) is 2.62. The van der Waals surface area contributed by atoms with Gasteiger partial charge in [0, 0.05) is 49.2 Å². The lowest BCUT2D eigenvalue weighted by atomic mass is 9.97. The van der Waals surface area contributed by atoms with E-state index in [2.05, 4.69) is 15.2 Å². The molecule has 0 bridgehead atoms. The molecular weight excluding hydrogens is 222 g/mol. The zero-order chi connectivity index (χ0) is 10.8. The quantitative estimate of drug-likeness (QED) is 0.776. The number of hydrogen-bond donors (Lipinski definition) is 1. The first-order chi connectivity index (χ1) is 7.95. The number of aromatic nitrogens is 1. The molecule has 3 heterocycles. The number of hydrogen-bond acceptors (Lipinski definition) is 5. The number of fused-ring (bicyclic) bond motifs is 1. The second-order valence-electron chi connectivity index (χ2n) is 4.39. The van der Waals surface area contributed by atoms with Crippen LogP contribution in [0.15, 0.2) is 11.7 Å². The van der Waals surface area contributed by atoms with Crippen molar-refractivity contribution in [2.45, 2.75) is 12.0 Å². The van der Waals surface area contributed by atoms with Crippen LogP contribution in [0.5, 0.6) is 0 Å². The summed E-state index contributed by atoms with van der Waals surface area (Å²) in [4.78, 5) is 8.14. The molecule has 2 saturated heterocycles. The molecule has 0 saturated carbocycles. The number of morpholine rings is 1. The highest BCUT2D eigenvalue weighted by Crippen LogP contribution is 2.28. The van der Waals surface area contributed by atoms with Crippen molar-refractivity contribution in [2.75, 3.05) is 39.4 Å². The Hall–Kier alpha value is -0.490. The molecule has 16 heavy (non-hydrogen) atoms. The predicted molar refractivity (Wildman–Crippen MR) is 63.9 cm³/mol. The lowest BCUT2D eigenvalue weighted by Crippen LogP contribution is -2.48. The molecular formula is C11H17N3OS. The molecule has 2 unspecified atom stereocenters. The lowest BCUT2D eigenvalue weighted by molar-refractivity contribution is -0.0103. The largest absolute Gasteiger partial charge is 0.378 e. The van der Waals surface area contributed by atoms with E-state index in [0.717, 1.165) is 39.4 Å². The van der Waals surface area contributed by atoms with E-state index in [-0.39, 0.29) is 0 Å². The molecule has 2 aliphatic heterocycles. The van der Waals surface area contributed by atoms with Crippen LogP contribution >= 0.6 is 11.3 Å². The smallest absolute Gasteiger partial charge is 0.0794 e. The maximum atomic E-state index is 5.64. The van der Waals surface area contributed by atoms with Crippen LogP contribution in [0.25, 0.3) is 0 Å². The summed E-state index contributed by atoms with van der Waals surface area (Å²) in [6.45, 7) is 6.10. The van der Waals surface area contributed by atoms with Crippen LogP contribution in [0.4, 0.5) is 0 Å². The van der Waals surface area contributed by atoms with Crippen molar-refractivity contribution < 1.29 is 4.74 Å². The Kier molecular flexibility index (Phi) is 3.19. The highest BCUT2D eigenvalue weighted by atomic mass is 32.1. The maximum Gasteiger partial charge on any atom is 0.0794 e. The topological polar surface area (TPSA) is 37.4 Å². The highest BCUT2D eigenvalue weighted by Gasteiger charge is 2.33. The molecule has 4 nitrogen and oxygen atoms in total. The summed E-state index contributed by atoms with van der Waals surface area (Å²) in [5.74, 6) is 0.537. The summed E-state index contributed by atoms with van der Waals surface area (Å²) >= 11 is 1.76. The number of nitrogens with one attached hydrogen (secondary N) is 1. The van der Waals surface area contributed by atoms with Crippen molar-refractivity contribution in [3.05, 3.63) is 16.6 Å². The van der Waals surface area contributed by atoms with Gasteiger partial charge in [-0.05, 0) is 0 Å². The Balaban J connectivity index is 1.84. The van der Waals surface area contributed by atoms with Gasteiger partial charge in [0.25, 0.3) is 0 Å². The number of ether oxygens (including phenoxy) is 1. The molecule has 2 aliphatic rings. The van der Waals surface area contributed by atoms with Gasteiger partial charge in [-0.2, -0.15) is 0 Å². The number of rotatable bonds is 1. The van der Waals surface area contributed by atoms with Crippen molar-refractivity contribution in [1.82, 2.24) is 15.2 Å². The standard InChI is InChI=1S/C11H17N3OS/c1-2-14-3-4-15-7-10(14)9(5-12-1)11-6-13-8-16-11/h6,8-10,12H,1-5,7H2. The van der Waals surface area contributed by atoms with E-state index in [0.29, 0.717) is 12.0 Å². The molecule has 0 aliphatic carbocycles. The molecule has 3 rings (SSSR count). The van der Waals surface area contributed by atoms with Gasteiger partial charge in [-0.25, -0.2) is 0 Å². The second-order valence-corrected chi connectivity index (χ2v) is 5.31. The van der Waals surface area contributed by atoms with Crippen molar-refractivity contribution >= 4 is 11.3 Å². The molecule has 0 amide bonds. The average molecular weight is 239 g/mol. The normalized spacial score (nSPS) is 32.0. The van der Waals surface area contributed by atoms with Crippen LogP contribution in [0.3, 0.4) is 0 Å². The molecule has 1 aromatic heterocycles. The van der Waals surface area contributed by atoms with E-state index >= 15 is 0 Å². The zero-order valence-corrected chi connectivity index (χ0v) is 10.1. The summed E-state index contributed by atoms with van der Waals surface area (Å²) in [5, 5.41) is 3.52. The fraction of sp³-hybridized carbons (Fsp3) is 0.727. The minimum absolute atomic E-state index is 0.532. The minimum atomic E-state index is 0.532. The van der Waals surface area contributed by atoms with Gasteiger partial charge in [-0.15, -0.1) is 11.3 Å². The summed E-state index contributed by atoms with van der Waals surface area (Å²) in [6, 6.07) is 0.532. The van der Waals surface area contributed by atoms with E-state index in [1.807, 2.05) is 11.7 Å². The molecule has 0 spiro atoms. The summed E-state index contributed by atoms with van der Waals surface area (Å²) < 4.78 is 5.64. The first-order valence-corrected chi connectivity index (χ1v) is 6.74. The van der Waals surface area contributed by atoms with Crippen LogP contribution in [0.2, 0.25) is 0 Å². The Morgan fingerprint density at radius 1 is 1.50 bits per heavy atom. The van der Waals surface area contributed by atoms with Crippen LogP contribution in [0, 0.1) is 0 Å². The second kappa shape index (κ2) is 4.79. The first-order valence-electron chi connectivity index (χ1n) is 5.86. The number of nitrogens with zero attached hydrogens (tertiary/aromatic N) is 2. The average Bonchev–Trinajstić information content (AvgIpc) is 2.76. The first kappa shape index (κ1) is 10.7. The Morgan fingerprint density at radius 3 is 3.38 bits per heavy atom. The molecule has 1 N–H and O–H groups in total. The Labute approximate surface area is 99.6 Å². The third-order valence-corrected chi connectivity index (χ3v) is 4.41. The predicted octanol–water partition coefficient (Wildman–Crippen LogP) is 0.531. The van der Waals surface area contributed by atoms with Crippen LogP contribution < -0.4 is 5.32 Å². The van der Waals surface area contributed by atoms with Gasteiger partial charge in [-0.3, -0.25) is 9.88 Å². The van der Waals surface area contributed by atoms with E-state index in [1.54, 1.807) is 11.3 Å². The maximum absolute atomic E-state index is 5.64. The SMILES string of the molecule is c1ncc(C2CNCCN3CCOCC23)s1. The fourth-order valence-corrected chi connectivity index (χ4v) is 3.40. The highest BCUT2D eigenvalue weighted by molar-refractivity contribution is 7.09. The molecule has 2 atom stereocenters. The molecule has 0 aromatic carbocycles. The molecule has 0 radical (unpaired) electrons. The van der Waals surface area contributed by atoms with Crippen molar-refractivity contribution in [1.29, 1.82) is 0 Å². The van der Waals surface area contributed by atoms with Gasteiger partial charge >= 0.3 is 0 Å².